The fourth-order valence-corrected chi connectivity index (χ4v) is 2.86. The van der Waals surface area contributed by atoms with E-state index in [1.807, 2.05) is 25.1 Å². The van der Waals surface area contributed by atoms with Crippen LogP contribution in [0.15, 0.2) is 78.9 Å². The van der Waals surface area contributed by atoms with Gasteiger partial charge < -0.3 is 5.11 Å². The van der Waals surface area contributed by atoms with Gasteiger partial charge in [-0.2, -0.15) is 0 Å². The van der Waals surface area contributed by atoms with E-state index in [1.54, 1.807) is 6.07 Å². The maximum Gasteiger partial charge on any atom is 0.118 e. The minimum atomic E-state index is 0.294. The molecule has 1 atom stereocenters. The molecule has 0 saturated carbocycles. The van der Waals surface area contributed by atoms with Gasteiger partial charge in [-0.1, -0.05) is 72.8 Å². The van der Waals surface area contributed by atoms with Crippen molar-refractivity contribution >= 4 is 0 Å². The highest BCUT2D eigenvalue weighted by atomic mass is 16.3. The third-order valence-corrected chi connectivity index (χ3v) is 4.11. The maximum absolute atomic E-state index is 9.79. The molecule has 0 fully saturated rings. The van der Waals surface area contributed by atoms with Gasteiger partial charge in [0.1, 0.15) is 5.75 Å². The highest BCUT2D eigenvalue weighted by molar-refractivity contribution is 5.41. The van der Waals surface area contributed by atoms with E-state index < -0.39 is 0 Å². The third-order valence-electron chi connectivity index (χ3n) is 4.11. The fraction of sp³-hybridized carbons (Fsp3) is 0.143. The molecule has 3 aromatic rings. The van der Waals surface area contributed by atoms with Crippen molar-refractivity contribution in [2.75, 3.05) is 0 Å². The van der Waals surface area contributed by atoms with Gasteiger partial charge in [-0.25, -0.2) is 0 Å². The first-order valence-corrected chi connectivity index (χ1v) is 7.62. The second-order valence-corrected chi connectivity index (χ2v) is 5.70. The third kappa shape index (κ3) is 3.20. The fourth-order valence-electron chi connectivity index (χ4n) is 2.86. The first kappa shape index (κ1) is 14.4. The monoisotopic (exact) mass is 288 g/mol. The lowest BCUT2D eigenvalue weighted by molar-refractivity contribution is 0.470. The van der Waals surface area contributed by atoms with Crippen LogP contribution in [0, 0.1) is 6.92 Å². The minimum Gasteiger partial charge on any atom is -0.508 e. The van der Waals surface area contributed by atoms with Gasteiger partial charge in [0.25, 0.3) is 0 Å². The summed E-state index contributed by atoms with van der Waals surface area (Å²) in [5.74, 6) is 0.651. The van der Waals surface area contributed by atoms with Crippen molar-refractivity contribution in [3.8, 4) is 5.75 Å². The van der Waals surface area contributed by atoms with Gasteiger partial charge in [-0.15, -0.1) is 0 Å². The molecule has 22 heavy (non-hydrogen) atoms. The van der Waals surface area contributed by atoms with Gasteiger partial charge in [-0.3, -0.25) is 0 Å². The van der Waals surface area contributed by atoms with Crippen molar-refractivity contribution in [3.63, 3.8) is 0 Å². The number of aryl methyl sites for hydroxylation is 1. The summed E-state index contributed by atoms with van der Waals surface area (Å²) in [6.07, 6.45) is 0.953. The normalized spacial score (nSPS) is 12.0. The van der Waals surface area contributed by atoms with E-state index in [1.165, 1.54) is 16.7 Å². The molecule has 1 unspecified atom stereocenters. The topological polar surface area (TPSA) is 20.2 Å². The first-order chi connectivity index (χ1) is 10.7. The Labute approximate surface area is 131 Å². The highest BCUT2D eigenvalue weighted by Gasteiger charge is 2.15. The zero-order valence-electron chi connectivity index (χ0n) is 12.7. The van der Waals surface area contributed by atoms with Gasteiger partial charge in [0.15, 0.2) is 0 Å². The van der Waals surface area contributed by atoms with Crippen molar-refractivity contribution in [3.05, 3.63) is 101 Å². The smallest absolute Gasteiger partial charge is 0.118 e. The molecule has 0 aromatic heterocycles. The summed E-state index contributed by atoms with van der Waals surface area (Å²) in [7, 11) is 0. The van der Waals surface area contributed by atoms with Crippen molar-refractivity contribution in [1.82, 2.24) is 0 Å². The van der Waals surface area contributed by atoms with Crippen LogP contribution in [0.1, 0.15) is 28.2 Å². The Morgan fingerprint density at radius 2 is 1.41 bits per heavy atom. The van der Waals surface area contributed by atoms with Crippen molar-refractivity contribution in [1.29, 1.82) is 0 Å². The zero-order chi connectivity index (χ0) is 15.4. The summed E-state index contributed by atoms with van der Waals surface area (Å²) >= 11 is 0. The molecule has 0 radical (unpaired) electrons. The van der Waals surface area contributed by atoms with E-state index in [-0.39, 0.29) is 0 Å². The second-order valence-electron chi connectivity index (χ2n) is 5.70. The molecule has 1 heteroatoms. The quantitative estimate of drug-likeness (QED) is 0.710. The lowest BCUT2D eigenvalue weighted by atomic mass is 9.85. The van der Waals surface area contributed by atoms with Crippen LogP contribution in [-0.4, -0.2) is 5.11 Å². The predicted molar refractivity (Wildman–Crippen MR) is 91.3 cm³/mol. The summed E-state index contributed by atoms with van der Waals surface area (Å²) < 4.78 is 0. The molecule has 1 N–H and O–H groups in total. The highest BCUT2D eigenvalue weighted by Crippen LogP contribution is 2.31. The molecule has 1 nitrogen and oxygen atoms in total. The first-order valence-electron chi connectivity index (χ1n) is 7.62. The van der Waals surface area contributed by atoms with Crippen molar-refractivity contribution in [2.24, 2.45) is 0 Å². The summed E-state index contributed by atoms with van der Waals surface area (Å²) in [4.78, 5) is 0. The Kier molecular flexibility index (Phi) is 4.24. The SMILES string of the molecule is Cc1cc(C(Cc2ccccc2)c2ccccc2)ccc1O. The zero-order valence-corrected chi connectivity index (χ0v) is 12.7. The molecule has 0 saturated heterocycles. The van der Waals surface area contributed by atoms with Crippen LogP contribution in [0.2, 0.25) is 0 Å². The Hall–Kier alpha value is -2.54. The summed E-state index contributed by atoms with van der Waals surface area (Å²) in [5, 5.41) is 9.79. The predicted octanol–water partition coefficient (Wildman–Crippen LogP) is 5.08. The molecule has 0 aliphatic rings. The van der Waals surface area contributed by atoms with Crippen LogP contribution in [-0.2, 0) is 6.42 Å². The number of benzene rings is 3. The molecule has 0 aliphatic heterocycles. The van der Waals surface area contributed by atoms with Crippen LogP contribution in [0.3, 0.4) is 0 Å². The molecule has 0 spiro atoms. The van der Waals surface area contributed by atoms with E-state index >= 15 is 0 Å². The Morgan fingerprint density at radius 1 is 0.773 bits per heavy atom. The minimum absolute atomic E-state index is 0.294. The average molecular weight is 288 g/mol. The van der Waals surface area contributed by atoms with Gasteiger partial charge in [0, 0.05) is 5.92 Å². The molecule has 0 amide bonds. The van der Waals surface area contributed by atoms with Crippen LogP contribution >= 0.6 is 0 Å². The summed E-state index contributed by atoms with van der Waals surface area (Å²) in [6.45, 7) is 1.95. The number of aromatic hydroxyl groups is 1. The van der Waals surface area contributed by atoms with Gasteiger partial charge in [-0.05, 0) is 41.7 Å². The van der Waals surface area contributed by atoms with Crippen LogP contribution < -0.4 is 0 Å². The van der Waals surface area contributed by atoms with Gasteiger partial charge >= 0.3 is 0 Å². The van der Waals surface area contributed by atoms with E-state index in [0.717, 1.165) is 12.0 Å². The molecule has 0 aliphatic carbocycles. The number of hydrogen-bond acceptors (Lipinski definition) is 1. The van der Waals surface area contributed by atoms with Gasteiger partial charge in [0.2, 0.25) is 0 Å². The standard InChI is InChI=1S/C21H20O/c1-16-14-19(12-13-21(16)22)20(18-10-6-3-7-11-18)15-17-8-4-2-5-9-17/h2-14,20,22H,15H2,1H3. The Morgan fingerprint density at radius 3 is 2.05 bits per heavy atom. The second kappa shape index (κ2) is 6.48. The van der Waals surface area contributed by atoms with E-state index in [2.05, 4.69) is 54.6 Å². The summed E-state index contributed by atoms with van der Waals surface area (Å²) in [6, 6.07) is 27.0. The van der Waals surface area contributed by atoms with Crippen molar-refractivity contribution < 1.29 is 5.11 Å². The Bertz CT molecular complexity index is 732. The molecular formula is C21H20O. The average Bonchev–Trinajstić information content (AvgIpc) is 2.57. The van der Waals surface area contributed by atoms with Gasteiger partial charge in [0.05, 0.1) is 0 Å². The van der Waals surface area contributed by atoms with Crippen LogP contribution in [0.4, 0.5) is 0 Å². The Balaban J connectivity index is 2.01. The molecule has 0 bridgehead atoms. The largest absolute Gasteiger partial charge is 0.508 e. The number of hydrogen-bond donors (Lipinski definition) is 1. The number of phenolic OH excluding ortho intramolecular Hbond substituents is 1. The number of rotatable bonds is 4. The summed E-state index contributed by atoms with van der Waals surface area (Å²) in [5.41, 5.74) is 4.79. The molecule has 3 rings (SSSR count). The van der Waals surface area contributed by atoms with E-state index in [4.69, 9.17) is 0 Å². The van der Waals surface area contributed by atoms with Crippen molar-refractivity contribution in [2.45, 2.75) is 19.3 Å². The number of phenols is 1. The molecular weight excluding hydrogens is 268 g/mol. The lowest BCUT2D eigenvalue weighted by Gasteiger charge is -2.19. The van der Waals surface area contributed by atoms with E-state index in [9.17, 15) is 5.11 Å². The molecule has 0 heterocycles. The van der Waals surface area contributed by atoms with Crippen LogP contribution in [0.25, 0.3) is 0 Å². The molecule has 3 aromatic carbocycles. The molecule has 110 valence electrons. The lowest BCUT2D eigenvalue weighted by Crippen LogP contribution is -2.05. The maximum atomic E-state index is 9.79. The van der Waals surface area contributed by atoms with E-state index in [0.29, 0.717) is 11.7 Å². The van der Waals surface area contributed by atoms with Crippen LogP contribution in [0.5, 0.6) is 5.75 Å².